The third kappa shape index (κ3) is 2.40. The molecular weight excluding hydrogens is 304 g/mol. The summed E-state index contributed by atoms with van der Waals surface area (Å²) in [7, 11) is 0. The Morgan fingerprint density at radius 2 is 1.95 bits per heavy atom. The number of hydrogen-bond acceptors (Lipinski definition) is 3. The molecule has 1 aliphatic heterocycles. The van der Waals surface area contributed by atoms with Gasteiger partial charge < -0.3 is 15.4 Å². The highest BCUT2D eigenvalue weighted by molar-refractivity contribution is 9.10. The molecule has 0 saturated carbocycles. The molecule has 4 heteroatoms. The summed E-state index contributed by atoms with van der Waals surface area (Å²) in [6, 6.07) is 14.0. The van der Waals surface area contributed by atoms with Crippen molar-refractivity contribution in [3.63, 3.8) is 0 Å². The van der Waals surface area contributed by atoms with Gasteiger partial charge in [0.1, 0.15) is 5.75 Å². The average Bonchev–Trinajstić information content (AvgIpc) is 2.64. The molecule has 0 spiro atoms. The fourth-order valence-corrected chi connectivity index (χ4v) is 2.68. The molecule has 1 heterocycles. The predicted molar refractivity (Wildman–Crippen MR) is 82.1 cm³/mol. The third-order valence-corrected chi connectivity index (χ3v) is 3.72. The summed E-state index contributed by atoms with van der Waals surface area (Å²) in [6.07, 6.45) is 0.973. The number of nitrogens with two attached hydrogens (primary N) is 1. The van der Waals surface area contributed by atoms with Crippen LogP contribution in [0.1, 0.15) is 6.42 Å². The number of halogens is 1. The fraction of sp³-hybridized carbons (Fsp3) is 0.200. The van der Waals surface area contributed by atoms with Crippen LogP contribution in [0.25, 0.3) is 0 Å². The van der Waals surface area contributed by atoms with Gasteiger partial charge in [-0.05, 0) is 36.8 Å². The molecule has 98 valence electrons. The van der Waals surface area contributed by atoms with E-state index >= 15 is 0 Å². The first-order valence-corrected chi connectivity index (χ1v) is 7.09. The van der Waals surface area contributed by atoms with Crippen LogP contribution in [0.15, 0.2) is 46.9 Å². The zero-order valence-electron chi connectivity index (χ0n) is 10.5. The summed E-state index contributed by atoms with van der Waals surface area (Å²) in [5.41, 5.74) is 9.00. The van der Waals surface area contributed by atoms with Crippen molar-refractivity contribution in [2.24, 2.45) is 0 Å². The van der Waals surface area contributed by atoms with Crippen LogP contribution in [-0.4, -0.2) is 13.2 Å². The molecule has 0 bridgehead atoms. The summed E-state index contributed by atoms with van der Waals surface area (Å²) in [5, 5.41) is 0. The molecule has 0 amide bonds. The van der Waals surface area contributed by atoms with E-state index in [1.807, 2.05) is 30.3 Å². The molecule has 19 heavy (non-hydrogen) atoms. The van der Waals surface area contributed by atoms with Crippen molar-refractivity contribution in [1.82, 2.24) is 0 Å². The molecule has 3 nitrogen and oxygen atoms in total. The van der Waals surface area contributed by atoms with Crippen LogP contribution in [-0.2, 0) is 0 Å². The number of nitrogens with zero attached hydrogens (tertiary/aromatic N) is 1. The quantitative estimate of drug-likeness (QED) is 0.809. The number of nitrogen functional groups attached to an aromatic ring is 1. The summed E-state index contributed by atoms with van der Waals surface area (Å²) in [6.45, 7) is 1.64. The number of anilines is 3. The molecule has 1 aliphatic rings. The Morgan fingerprint density at radius 3 is 2.84 bits per heavy atom. The van der Waals surface area contributed by atoms with E-state index in [0.29, 0.717) is 0 Å². The SMILES string of the molecule is Nc1ccc(Br)cc1N1CCCOc2ccccc21. The van der Waals surface area contributed by atoms with E-state index in [1.165, 1.54) is 0 Å². The minimum atomic E-state index is 0.738. The lowest BCUT2D eigenvalue weighted by atomic mass is 10.2. The molecule has 0 atom stereocenters. The van der Waals surface area contributed by atoms with Crippen LogP contribution in [0, 0.1) is 0 Å². The van der Waals surface area contributed by atoms with E-state index in [9.17, 15) is 0 Å². The minimum Gasteiger partial charge on any atom is -0.491 e. The fourth-order valence-electron chi connectivity index (χ4n) is 2.33. The van der Waals surface area contributed by atoms with Gasteiger partial charge in [0.05, 0.1) is 23.7 Å². The first-order valence-electron chi connectivity index (χ1n) is 6.30. The average molecular weight is 319 g/mol. The van der Waals surface area contributed by atoms with Crippen molar-refractivity contribution in [2.75, 3.05) is 23.8 Å². The number of fused-ring (bicyclic) bond motifs is 1. The second kappa shape index (κ2) is 5.13. The molecule has 2 N–H and O–H groups in total. The highest BCUT2D eigenvalue weighted by Gasteiger charge is 2.19. The first-order chi connectivity index (χ1) is 9.25. The van der Waals surface area contributed by atoms with Gasteiger partial charge in [-0.3, -0.25) is 0 Å². The van der Waals surface area contributed by atoms with E-state index in [2.05, 4.69) is 33.0 Å². The van der Waals surface area contributed by atoms with E-state index in [0.717, 1.165) is 46.9 Å². The Hall–Kier alpha value is -1.68. The van der Waals surface area contributed by atoms with Crippen LogP contribution in [0.3, 0.4) is 0 Å². The molecule has 2 aromatic carbocycles. The lowest BCUT2D eigenvalue weighted by molar-refractivity contribution is 0.322. The van der Waals surface area contributed by atoms with Gasteiger partial charge in [0.2, 0.25) is 0 Å². The van der Waals surface area contributed by atoms with Gasteiger partial charge in [0.25, 0.3) is 0 Å². The second-order valence-electron chi connectivity index (χ2n) is 4.52. The lowest BCUT2D eigenvalue weighted by Crippen LogP contribution is -2.18. The van der Waals surface area contributed by atoms with E-state index < -0.39 is 0 Å². The Kier molecular flexibility index (Phi) is 3.34. The number of para-hydroxylation sites is 2. The van der Waals surface area contributed by atoms with Crippen molar-refractivity contribution < 1.29 is 4.74 Å². The number of benzene rings is 2. The number of rotatable bonds is 1. The monoisotopic (exact) mass is 318 g/mol. The van der Waals surface area contributed by atoms with Gasteiger partial charge in [-0.1, -0.05) is 28.1 Å². The molecule has 2 aromatic rings. The molecule has 0 aromatic heterocycles. The smallest absolute Gasteiger partial charge is 0.142 e. The van der Waals surface area contributed by atoms with Crippen molar-refractivity contribution in [3.05, 3.63) is 46.9 Å². The first kappa shape index (κ1) is 12.4. The highest BCUT2D eigenvalue weighted by Crippen LogP contribution is 2.39. The van der Waals surface area contributed by atoms with Crippen molar-refractivity contribution in [2.45, 2.75) is 6.42 Å². The Bertz CT molecular complexity index is 600. The third-order valence-electron chi connectivity index (χ3n) is 3.22. The maximum Gasteiger partial charge on any atom is 0.142 e. The van der Waals surface area contributed by atoms with Crippen LogP contribution < -0.4 is 15.4 Å². The number of ether oxygens (including phenoxy) is 1. The van der Waals surface area contributed by atoms with Gasteiger partial charge in [0.15, 0.2) is 0 Å². The Labute approximate surface area is 121 Å². The van der Waals surface area contributed by atoms with E-state index in [4.69, 9.17) is 10.5 Å². The molecule has 3 rings (SSSR count). The van der Waals surface area contributed by atoms with Crippen LogP contribution >= 0.6 is 15.9 Å². The van der Waals surface area contributed by atoms with Crippen molar-refractivity contribution in [1.29, 1.82) is 0 Å². The van der Waals surface area contributed by atoms with Crippen LogP contribution in [0.2, 0.25) is 0 Å². The molecular formula is C15H15BrN2O. The lowest BCUT2D eigenvalue weighted by Gasteiger charge is -2.25. The minimum absolute atomic E-state index is 0.738. The maximum atomic E-state index is 6.13. The van der Waals surface area contributed by atoms with Gasteiger partial charge in [-0.25, -0.2) is 0 Å². The molecule has 0 aliphatic carbocycles. The van der Waals surface area contributed by atoms with Crippen LogP contribution in [0.5, 0.6) is 5.75 Å². The molecule has 0 radical (unpaired) electrons. The predicted octanol–water partition coefficient (Wildman–Crippen LogP) is 3.95. The summed E-state index contributed by atoms with van der Waals surface area (Å²) in [4.78, 5) is 2.22. The summed E-state index contributed by atoms with van der Waals surface area (Å²) >= 11 is 3.51. The van der Waals surface area contributed by atoms with Gasteiger partial charge >= 0.3 is 0 Å². The molecule has 0 unspecified atom stereocenters. The normalized spacial score (nSPS) is 14.5. The zero-order valence-corrected chi connectivity index (χ0v) is 12.1. The van der Waals surface area contributed by atoms with Gasteiger partial charge in [0, 0.05) is 11.0 Å². The standard InChI is InChI=1S/C15H15BrN2O/c16-11-6-7-12(17)14(10-11)18-8-3-9-19-15-5-2-1-4-13(15)18/h1-2,4-7,10H,3,8-9,17H2. The molecule has 0 saturated heterocycles. The topological polar surface area (TPSA) is 38.5 Å². The summed E-state index contributed by atoms with van der Waals surface area (Å²) < 4.78 is 6.80. The Morgan fingerprint density at radius 1 is 1.11 bits per heavy atom. The van der Waals surface area contributed by atoms with Gasteiger partial charge in [-0.2, -0.15) is 0 Å². The Balaban J connectivity index is 2.11. The summed E-state index contributed by atoms with van der Waals surface area (Å²) in [5.74, 6) is 0.916. The van der Waals surface area contributed by atoms with E-state index in [1.54, 1.807) is 0 Å². The molecule has 0 fully saturated rings. The highest BCUT2D eigenvalue weighted by atomic mass is 79.9. The second-order valence-corrected chi connectivity index (χ2v) is 5.44. The largest absolute Gasteiger partial charge is 0.491 e. The maximum absolute atomic E-state index is 6.13. The van der Waals surface area contributed by atoms with Crippen molar-refractivity contribution in [3.8, 4) is 5.75 Å². The number of hydrogen-bond donors (Lipinski definition) is 1. The van der Waals surface area contributed by atoms with Crippen LogP contribution in [0.4, 0.5) is 17.1 Å². The van der Waals surface area contributed by atoms with E-state index in [-0.39, 0.29) is 0 Å². The van der Waals surface area contributed by atoms with Crippen molar-refractivity contribution >= 4 is 33.0 Å². The zero-order chi connectivity index (χ0) is 13.2. The van der Waals surface area contributed by atoms with Gasteiger partial charge in [-0.15, -0.1) is 0 Å².